The lowest BCUT2D eigenvalue weighted by molar-refractivity contribution is 0.197. The highest BCUT2D eigenvalue weighted by atomic mass is 32.2. The predicted octanol–water partition coefficient (Wildman–Crippen LogP) is 2.35. The van der Waals surface area contributed by atoms with E-state index < -0.39 is 26.1 Å². The summed E-state index contributed by atoms with van der Waals surface area (Å²) in [6, 6.07) is 16.3. The molecule has 1 aliphatic heterocycles. The predicted molar refractivity (Wildman–Crippen MR) is 163 cm³/mol. The lowest BCUT2D eigenvalue weighted by atomic mass is 10.0. The van der Waals surface area contributed by atoms with Gasteiger partial charge in [0, 0.05) is 49.7 Å². The minimum atomic E-state index is -4.02. The van der Waals surface area contributed by atoms with Crippen LogP contribution in [0.2, 0.25) is 0 Å². The van der Waals surface area contributed by atoms with Gasteiger partial charge in [0.05, 0.1) is 9.79 Å². The number of nitrogens with one attached hydrogen (secondary N) is 3. The highest BCUT2D eigenvalue weighted by molar-refractivity contribution is 7.89. The zero-order valence-electron chi connectivity index (χ0n) is 22.8. The summed E-state index contributed by atoms with van der Waals surface area (Å²) in [4.78, 5) is 17.0. The molecule has 1 saturated heterocycles. The summed E-state index contributed by atoms with van der Waals surface area (Å²) < 4.78 is 47.1. The van der Waals surface area contributed by atoms with Gasteiger partial charge in [0.15, 0.2) is 0 Å². The molecular formula is C28H33N7O5S2. The van der Waals surface area contributed by atoms with Gasteiger partial charge in [-0.3, -0.25) is 10.3 Å². The summed E-state index contributed by atoms with van der Waals surface area (Å²) in [7, 11) is -7.90. The molecule has 14 heteroatoms. The molecule has 0 atom stereocenters. The number of amidine groups is 1. The maximum Gasteiger partial charge on any atom is 0.323 e. The number of carbonyl (C=O) groups is 1. The molecule has 1 aliphatic rings. The van der Waals surface area contributed by atoms with Gasteiger partial charge in [0.2, 0.25) is 20.0 Å². The monoisotopic (exact) mass is 611 g/mol. The zero-order valence-corrected chi connectivity index (χ0v) is 24.4. The van der Waals surface area contributed by atoms with Crippen molar-refractivity contribution < 1.29 is 21.6 Å². The number of carbonyl (C=O) groups excluding carboxylic acids is 1. The van der Waals surface area contributed by atoms with Crippen molar-refractivity contribution in [1.82, 2.24) is 9.80 Å². The maximum atomic E-state index is 13.0. The number of primary sulfonamides is 2. The van der Waals surface area contributed by atoms with Crippen LogP contribution in [-0.4, -0.2) is 71.2 Å². The maximum absolute atomic E-state index is 13.0. The third-order valence-corrected chi connectivity index (χ3v) is 8.61. The van der Waals surface area contributed by atoms with E-state index in [1.807, 2.05) is 17.0 Å². The molecule has 2 amide bonds. The Bertz CT molecular complexity index is 1700. The smallest absolute Gasteiger partial charge is 0.323 e. The number of rotatable bonds is 9. The number of sulfonamides is 2. The van der Waals surface area contributed by atoms with E-state index in [2.05, 4.69) is 22.1 Å². The van der Waals surface area contributed by atoms with Gasteiger partial charge < -0.3 is 15.5 Å². The normalized spacial score (nSPS) is 14.3. The summed E-state index contributed by atoms with van der Waals surface area (Å²) in [6.07, 6.45) is 2.03. The molecule has 12 nitrogen and oxygen atoms in total. The number of hydrogen-bond acceptors (Lipinski definition) is 7. The Hall–Kier alpha value is -4.08. The Morgan fingerprint density at radius 3 is 2.14 bits per heavy atom. The van der Waals surface area contributed by atoms with Crippen molar-refractivity contribution in [1.29, 1.82) is 5.41 Å². The molecule has 222 valence electrons. The summed E-state index contributed by atoms with van der Waals surface area (Å²) in [5.74, 6) is 0.367. The number of urea groups is 1. The van der Waals surface area contributed by atoms with E-state index in [4.69, 9.17) is 15.7 Å². The SMILES string of the molecule is C=CCN1CCN(C(=N)c2cccc(NC(=O)Nc3ccc(S(N)(=O)=O)cc3Cc3ccc(S(N)(=O)=O)cc3)c2)CC1. The van der Waals surface area contributed by atoms with Crippen LogP contribution in [-0.2, 0) is 26.5 Å². The molecule has 3 aromatic carbocycles. The summed E-state index contributed by atoms with van der Waals surface area (Å²) in [6.45, 7) is 7.68. The Kier molecular flexibility index (Phi) is 9.43. The van der Waals surface area contributed by atoms with Gasteiger partial charge in [0.25, 0.3) is 0 Å². The van der Waals surface area contributed by atoms with Gasteiger partial charge in [-0.1, -0.05) is 30.3 Å². The van der Waals surface area contributed by atoms with Gasteiger partial charge >= 0.3 is 6.03 Å². The molecule has 1 heterocycles. The summed E-state index contributed by atoms with van der Waals surface area (Å²) in [5.41, 5.74) is 2.55. The third kappa shape index (κ3) is 8.02. The van der Waals surface area contributed by atoms with Crippen LogP contribution < -0.4 is 20.9 Å². The standard InChI is InChI=1S/C28H33N7O5S2/c1-2-12-34-13-15-35(16-14-34)27(29)21-4-3-5-23(18-21)32-28(36)33-26-11-10-25(42(31,39)40)19-22(26)17-20-6-8-24(9-7-20)41(30,37)38/h2-11,18-19,29H,1,12-17H2,(H2,30,37,38)(H2,31,39,40)(H2,32,33,36). The van der Waals surface area contributed by atoms with Crippen LogP contribution in [0.25, 0.3) is 0 Å². The molecule has 1 fully saturated rings. The number of benzene rings is 3. The van der Waals surface area contributed by atoms with E-state index in [9.17, 15) is 21.6 Å². The van der Waals surface area contributed by atoms with E-state index in [-0.39, 0.29) is 16.2 Å². The van der Waals surface area contributed by atoms with Gasteiger partial charge in [-0.2, -0.15) is 0 Å². The highest BCUT2D eigenvalue weighted by Gasteiger charge is 2.20. The van der Waals surface area contributed by atoms with E-state index in [0.717, 1.165) is 19.6 Å². The number of nitrogens with two attached hydrogens (primary N) is 2. The number of amides is 2. The van der Waals surface area contributed by atoms with Crippen LogP contribution in [0.1, 0.15) is 16.7 Å². The van der Waals surface area contributed by atoms with Crippen molar-refractivity contribution in [2.24, 2.45) is 10.3 Å². The topological polar surface area (TPSA) is 192 Å². The van der Waals surface area contributed by atoms with E-state index >= 15 is 0 Å². The highest BCUT2D eigenvalue weighted by Crippen LogP contribution is 2.24. The van der Waals surface area contributed by atoms with Crippen LogP contribution >= 0.6 is 0 Å². The Balaban J connectivity index is 1.49. The second-order valence-electron chi connectivity index (χ2n) is 9.81. The minimum absolute atomic E-state index is 0.0625. The van der Waals surface area contributed by atoms with E-state index in [0.29, 0.717) is 47.0 Å². The molecule has 0 unspecified atom stereocenters. The fourth-order valence-corrected chi connectivity index (χ4v) is 5.66. The Labute approximate surface area is 245 Å². The molecule has 0 bridgehead atoms. The van der Waals surface area contributed by atoms with Crippen LogP contribution in [0.15, 0.2) is 89.2 Å². The van der Waals surface area contributed by atoms with Gasteiger partial charge in [0.1, 0.15) is 5.84 Å². The Morgan fingerprint density at radius 1 is 0.881 bits per heavy atom. The second kappa shape index (κ2) is 12.8. The Morgan fingerprint density at radius 2 is 1.52 bits per heavy atom. The molecule has 0 saturated carbocycles. The van der Waals surface area contributed by atoms with Crippen molar-refractivity contribution in [2.75, 3.05) is 43.4 Å². The molecule has 0 spiro atoms. The van der Waals surface area contributed by atoms with Gasteiger partial charge in [-0.15, -0.1) is 6.58 Å². The first kappa shape index (κ1) is 30.9. The molecule has 4 rings (SSSR count). The molecule has 0 aliphatic carbocycles. The fourth-order valence-electron chi connectivity index (χ4n) is 4.58. The average Bonchev–Trinajstić information content (AvgIpc) is 2.93. The summed E-state index contributed by atoms with van der Waals surface area (Å²) in [5, 5.41) is 24.7. The van der Waals surface area contributed by atoms with Crippen LogP contribution in [0, 0.1) is 5.41 Å². The van der Waals surface area contributed by atoms with Gasteiger partial charge in [-0.05, 0) is 60.0 Å². The first-order valence-electron chi connectivity index (χ1n) is 13.0. The summed E-state index contributed by atoms with van der Waals surface area (Å²) >= 11 is 0. The van der Waals surface area contributed by atoms with Crippen molar-refractivity contribution in [3.8, 4) is 0 Å². The van der Waals surface area contributed by atoms with Crippen molar-refractivity contribution in [3.63, 3.8) is 0 Å². The first-order valence-corrected chi connectivity index (χ1v) is 16.1. The largest absolute Gasteiger partial charge is 0.354 e. The third-order valence-electron chi connectivity index (χ3n) is 6.77. The van der Waals surface area contributed by atoms with Crippen LogP contribution in [0.3, 0.4) is 0 Å². The lowest BCUT2D eigenvalue weighted by Gasteiger charge is -2.35. The number of piperazine rings is 1. The molecule has 3 aromatic rings. The number of nitrogens with zero attached hydrogens (tertiary/aromatic N) is 2. The molecule has 0 radical (unpaired) electrons. The van der Waals surface area contributed by atoms with Crippen molar-refractivity contribution in [3.05, 3.63) is 96.1 Å². The fraction of sp³-hybridized carbons (Fsp3) is 0.214. The van der Waals surface area contributed by atoms with Gasteiger partial charge in [-0.25, -0.2) is 31.9 Å². The second-order valence-corrected chi connectivity index (χ2v) is 12.9. The minimum Gasteiger partial charge on any atom is -0.354 e. The number of anilines is 2. The number of hydrogen-bond donors (Lipinski definition) is 5. The van der Waals surface area contributed by atoms with Crippen LogP contribution in [0.5, 0.6) is 0 Å². The molecular weight excluding hydrogens is 578 g/mol. The quantitative estimate of drug-likeness (QED) is 0.139. The molecule has 0 aromatic heterocycles. The van der Waals surface area contributed by atoms with E-state index in [1.165, 1.54) is 30.3 Å². The average molecular weight is 612 g/mol. The zero-order chi connectivity index (χ0) is 30.5. The molecule has 7 N–H and O–H groups in total. The van der Waals surface area contributed by atoms with E-state index in [1.54, 1.807) is 30.3 Å². The van der Waals surface area contributed by atoms with Crippen LogP contribution in [0.4, 0.5) is 16.2 Å². The first-order chi connectivity index (χ1) is 19.8. The molecule has 42 heavy (non-hydrogen) atoms. The lowest BCUT2D eigenvalue weighted by Crippen LogP contribution is -2.48. The van der Waals surface area contributed by atoms with Crippen molar-refractivity contribution in [2.45, 2.75) is 16.2 Å². The van der Waals surface area contributed by atoms with Crippen molar-refractivity contribution >= 4 is 43.3 Å².